The van der Waals surface area contributed by atoms with Gasteiger partial charge in [0, 0.05) is 17.5 Å². The molecule has 90 valence electrons. The molecule has 1 amide bonds. The molecular formula is C13H15NO2S. The third-order valence-electron chi connectivity index (χ3n) is 2.75. The van der Waals surface area contributed by atoms with Gasteiger partial charge < -0.3 is 10.4 Å². The van der Waals surface area contributed by atoms with E-state index in [9.17, 15) is 4.79 Å². The first kappa shape index (κ1) is 12.2. The average Bonchev–Trinajstić information content (AvgIpc) is 2.83. The Labute approximate surface area is 105 Å². The van der Waals surface area contributed by atoms with E-state index in [1.807, 2.05) is 11.4 Å². The molecule has 0 atom stereocenters. The van der Waals surface area contributed by atoms with Crippen molar-refractivity contribution in [3.8, 4) is 11.8 Å². The van der Waals surface area contributed by atoms with Crippen LogP contribution in [0.5, 0.6) is 0 Å². The fraction of sp³-hybridized carbons (Fsp3) is 0.462. The first-order valence-electron chi connectivity index (χ1n) is 5.64. The van der Waals surface area contributed by atoms with Crippen LogP contribution in [-0.4, -0.2) is 23.2 Å². The molecule has 0 aromatic carbocycles. The van der Waals surface area contributed by atoms with E-state index >= 15 is 0 Å². The van der Waals surface area contributed by atoms with E-state index in [0.717, 1.165) is 18.4 Å². The molecule has 1 saturated carbocycles. The van der Waals surface area contributed by atoms with Crippen molar-refractivity contribution in [2.75, 3.05) is 6.61 Å². The third kappa shape index (κ3) is 3.09. The minimum absolute atomic E-state index is 0.00310. The minimum Gasteiger partial charge on any atom is -0.395 e. The summed E-state index contributed by atoms with van der Waals surface area (Å²) in [5.74, 6) is 5.72. The Hall–Kier alpha value is -1.31. The van der Waals surface area contributed by atoms with Gasteiger partial charge in [-0.2, -0.15) is 0 Å². The maximum atomic E-state index is 12.0. The average molecular weight is 249 g/mol. The first-order chi connectivity index (χ1) is 8.14. The number of carbonyl (C=O) groups is 1. The van der Waals surface area contributed by atoms with Crippen molar-refractivity contribution < 1.29 is 9.90 Å². The van der Waals surface area contributed by atoms with Crippen LogP contribution in [0.25, 0.3) is 0 Å². The van der Waals surface area contributed by atoms with Crippen LogP contribution in [0.4, 0.5) is 0 Å². The third-order valence-corrected chi connectivity index (χ3v) is 3.66. The van der Waals surface area contributed by atoms with Gasteiger partial charge in [-0.25, -0.2) is 0 Å². The van der Waals surface area contributed by atoms with Crippen molar-refractivity contribution in [2.24, 2.45) is 0 Å². The second-order valence-corrected chi connectivity index (χ2v) is 5.37. The van der Waals surface area contributed by atoms with Crippen molar-refractivity contribution in [2.45, 2.75) is 31.7 Å². The van der Waals surface area contributed by atoms with Gasteiger partial charge in [0.15, 0.2) is 0 Å². The lowest BCUT2D eigenvalue weighted by Crippen LogP contribution is -2.34. The van der Waals surface area contributed by atoms with Crippen LogP contribution >= 0.6 is 11.3 Å². The molecule has 0 unspecified atom stereocenters. The summed E-state index contributed by atoms with van der Waals surface area (Å²) in [5, 5.41) is 13.5. The molecule has 1 fully saturated rings. The highest BCUT2D eigenvalue weighted by molar-refractivity contribution is 7.12. The number of aliphatic hydroxyl groups excluding tert-OH is 1. The van der Waals surface area contributed by atoms with Crippen LogP contribution in [0, 0.1) is 11.8 Å². The Bertz CT molecular complexity index is 477. The lowest BCUT2D eigenvalue weighted by molar-refractivity contribution is 0.0939. The van der Waals surface area contributed by atoms with Gasteiger partial charge in [-0.05, 0) is 31.2 Å². The lowest BCUT2D eigenvalue weighted by Gasteiger charge is -2.10. The summed E-state index contributed by atoms with van der Waals surface area (Å²) in [7, 11) is 0. The Kier molecular flexibility index (Phi) is 3.51. The van der Waals surface area contributed by atoms with E-state index in [4.69, 9.17) is 5.11 Å². The van der Waals surface area contributed by atoms with Crippen LogP contribution in [0.2, 0.25) is 0 Å². The summed E-state index contributed by atoms with van der Waals surface area (Å²) in [4.78, 5) is 12.7. The van der Waals surface area contributed by atoms with E-state index in [1.165, 1.54) is 11.3 Å². The van der Waals surface area contributed by atoms with E-state index in [-0.39, 0.29) is 18.1 Å². The predicted octanol–water partition coefficient (Wildman–Crippen LogP) is 1.76. The first-order valence-corrected chi connectivity index (χ1v) is 6.52. The van der Waals surface area contributed by atoms with Gasteiger partial charge in [0.2, 0.25) is 0 Å². The molecule has 0 aliphatic heterocycles. The molecular weight excluding hydrogens is 234 g/mol. The van der Waals surface area contributed by atoms with E-state index in [1.54, 1.807) is 0 Å². The van der Waals surface area contributed by atoms with Gasteiger partial charge >= 0.3 is 0 Å². The van der Waals surface area contributed by atoms with Crippen LogP contribution in [0.3, 0.4) is 0 Å². The summed E-state index contributed by atoms with van der Waals surface area (Å²) in [5.41, 5.74) is 0.752. The fourth-order valence-electron chi connectivity index (χ4n) is 1.44. The zero-order valence-electron chi connectivity index (χ0n) is 9.75. The second-order valence-electron chi connectivity index (χ2n) is 4.45. The summed E-state index contributed by atoms with van der Waals surface area (Å²) in [6.07, 6.45) is 2.54. The molecule has 0 bridgehead atoms. The van der Waals surface area contributed by atoms with E-state index < -0.39 is 0 Å². The highest BCUT2D eigenvalue weighted by Gasteiger charge is 2.39. The molecule has 0 saturated heterocycles. The van der Waals surface area contributed by atoms with Gasteiger partial charge in [-0.3, -0.25) is 4.79 Å². The van der Waals surface area contributed by atoms with Crippen LogP contribution in [0.15, 0.2) is 11.4 Å². The van der Waals surface area contributed by atoms with Crippen LogP contribution in [-0.2, 0) is 0 Å². The molecule has 1 aromatic heterocycles. The topological polar surface area (TPSA) is 49.3 Å². The lowest BCUT2D eigenvalue weighted by atomic mass is 10.2. The van der Waals surface area contributed by atoms with Gasteiger partial charge in [-0.15, -0.1) is 11.3 Å². The largest absolute Gasteiger partial charge is 0.395 e. The number of carbonyl (C=O) groups excluding carboxylic acids is 1. The number of thiophene rings is 1. The molecule has 1 aliphatic rings. The molecule has 0 radical (unpaired) electrons. The predicted molar refractivity (Wildman–Crippen MR) is 68.0 cm³/mol. The normalized spacial score (nSPS) is 15.9. The summed E-state index contributed by atoms with van der Waals surface area (Å²) in [6.45, 7) is 2.10. The Balaban J connectivity index is 2.08. The van der Waals surface area contributed by atoms with Crippen molar-refractivity contribution in [1.29, 1.82) is 0 Å². The number of rotatable bonds is 3. The number of nitrogens with one attached hydrogen (secondary N) is 1. The smallest absolute Gasteiger partial charge is 0.263 e. The van der Waals surface area contributed by atoms with E-state index in [0.29, 0.717) is 11.3 Å². The highest BCUT2D eigenvalue weighted by Crippen LogP contribution is 2.35. The number of hydrogen-bond acceptors (Lipinski definition) is 3. The van der Waals surface area contributed by atoms with Gasteiger partial charge in [0.25, 0.3) is 5.91 Å². The number of amides is 1. The van der Waals surface area contributed by atoms with Gasteiger partial charge in [-0.1, -0.05) is 11.8 Å². The molecule has 1 heterocycles. The number of aliphatic hydroxyl groups is 1. The molecule has 4 heteroatoms. The van der Waals surface area contributed by atoms with Crippen molar-refractivity contribution in [1.82, 2.24) is 5.32 Å². The summed E-state index contributed by atoms with van der Waals surface area (Å²) < 4.78 is 0. The Morgan fingerprint density at radius 1 is 1.65 bits per heavy atom. The van der Waals surface area contributed by atoms with Crippen molar-refractivity contribution in [3.63, 3.8) is 0 Å². The monoisotopic (exact) mass is 249 g/mol. The molecule has 17 heavy (non-hydrogen) atoms. The summed E-state index contributed by atoms with van der Waals surface area (Å²) >= 11 is 1.41. The fourth-order valence-corrected chi connectivity index (χ4v) is 2.18. The Morgan fingerprint density at radius 2 is 2.41 bits per heavy atom. The van der Waals surface area contributed by atoms with Crippen molar-refractivity contribution in [3.05, 3.63) is 21.9 Å². The maximum absolute atomic E-state index is 12.0. The molecule has 2 N–H and O–H groups in total. The molecule has 1 aliphatic carbocycles. The zero-order chi connectivity index (χ0) is 12.3. The maximum Gasteiger partial charge on any atom is 0.263 e. The minimum atomic E-state index is -0.0340. The zero-order valence-corrected chi connectivity index (χ0v) is 10.6. The molecule has 0 spiro atoms. The highest BCUT2D eigenvalue weighted by atomic mass is 32.1. The molecule has 2 rings (SSSR count). The second kappa shape index (κ2) is 4.91. The van der Waals surface area contributed by atoms with Crippen LogP contribution < -0.4 is 5.32 Å². The van der Waals surface area contributed by atoms with Gasteiger partial charge in [0.05, 0.1) is 6.61 Å². The molecule has 3 nitrogen and oxygen atoms in total. The van der Waals surface area contributed by atoms with E-state index in [2.05, 4.69) is 24.1 Å². The van der Waals surface area contributed by atoms with Crippen LogP contribution in [0.1, 0.15) is 41.4 Å². The standard InChI is InChI=1S/C13H15NO2S/c1-13(6-7-13)14-12(16)11-10(5-9-17-11)4-2-3-8-15/h5,9,15H,3,6-8H2,1H3,(H,14,16). The SMILES string of the molecule is CC1(NC(=O)c2sccc2C#CCCO)CC1. The number of hydrogen-bond donors (Lipinski definition) is 2. The summed E-state index contributed by atoms with van der Waals surface area (Å²) in [6, 6.07) is 1.85. The quantitative estimate of drug-likeness (QED) is 0.802. The Morgan fingerprint density at radius 3 is 3.06 bits per heavy atom. The molecule has 1 aromatic rings. The van der Waals surface area contributed by atoms with Gasteiger partial charge in [0.1, 0.15) is 4.88 Å². The van der Waals surface area contributed by atoms with Crippen molar-refractivity contribution >= 4 is 17.2 Å².